The summed E-state index contributed by atoms with van der Waals surface area (Å²) in [6.45, 7) is 5.82. The highest BCUT2D eigenvalue weighted by molar-refractivity contribution is 7.51. The van der Waals surface area contributed by atoms with Crippen LogP contribution in [-0.2, 0) is 13.6 Å². The molecule has 0 spiro atoms. The van der Waals surface area contributed by atoms with Gasteiger partial charge in [-0.3, -0.25) is 9.05 Å². The average Bonchev–Trinajstić information content (AvgIpc) is 3.26. The summed E-state index contributed by atoms with van der Waals surface area (Å²) in [6, 6.07) is 12.0. The standard InChI is InChI=1S/C23H29FNO6P/c1-3-30-32(26,31-4-2)25-12-11-21(17-5-7-19(24)8-6-17)18(14-25)15-27-20-9-10-22-23(13-20)29-16-28-22/h5-10,13,18,21H,3-4,11-12,14-16H2,1-2H3. The van der Waals surface area contributed by atoms with Gasteiger partial charge in [-0.1, -0.05) is 12.1 Å². The first-order valence-electron chi connectivity index (χ1n) is 10.9. The molecule has 0 aromatic heterocycles. The van der Waals surface area contributed by atoms with Gasteiger partial charge < -0.3 is 14.2 Å². The molecule has 2 aromatic rings. The summed E-state index contributed by atoms with van der Waals surface area (Å²) < 4.78 is 56.7. The van der Waals surface area contributed by atoms with E-state index in [0.29, 0.717) is 50.2 Å². The van der Waals surface area contributed by atoms with Gasteiger partial charge in [0.2, 0.25) is 6.79 Å². The summed E-state index contributed by atoms with van der Waals surface area (Å²) in [6.07, 6.45) is 0.727. The number of fused-ring (bicyclic) bond motifs is 1. The summed E-state index contributed by atoms with van der Waals surface area (Å²) in [4.78, 5) is 0. The van der Waals surface area contributed by atoms with Crippen molar-refractivity contribution >= 4 is 7.75 Å². The number of benzene rings is 2. The lowest BCUT2D eigenvalue weighted by Crippen LogP contribution is -2.41. The Morgan fingerprint density at radius 2 is 1.78 bits per heavy atom. The third-order valence-electron chi connectivity index (χ3n) is 5.75. The number of rotatable bonds is 9. The predicted octanol–water partition coefficient (Wildman–Crippen LogP) is 5.22. The molecule has 1 fully saturated rings. The molecule has 0 saturated carbocycles. The molecule has 174 valence electrons. The second kappa shape index (κ2) is 10.2. The second-order valence-corrected chi connectivity index (χ2v) is 9.77. The lowest BCUT2D eigenvalue weighted by Gasteiger charge is -2.40. The van der Waals surface area contributed by atoms with Crippen molar-refractivity contribution in [1.82, 2.24) is 4.67 Å². The van der Waals surface area contributed by atoms with Gasteiger partial charge in [-0.25, -0.2) is 13.6 Å². The zero-order chi connectivity index (χ0) is 22.6. The lowest BCUT2D eigenvalue weighted by atomic mass is 9.81. The molecule has 2 aromatic carbocycles. The quantitative estimate of drug-likeness (QED) is 0.471. The van der Waals surface area contributed by atoms with E-state index in [9.17, 15) is 8.96 Å². The minimum Gasteiger partial charge on any atom is -0.493 e. The Bertz CT molecular complexity index is 946. The average molecular weight is 465 g/mol. The Morgan fingerprint density at radius 1 is 1.06 bits per heavy atom. The fraction of sp³-hybridized carbons (Fsp3) is 0.478. The van der Waals surface area contributed by atoms with E-state index < -0.39 is 7.75 Å². The minimum absolute atomic E-state index is 0.00567. The summed E-state index contributed by atoms with van der Waals surface area (Å²) in [5.41, 5.74) is 1.04. The third kappa shape index (κ3) is 5.09. The minimum atomic E-state index is -3.38. The predicted molar refractivity (Wildman–Crippen MR) is 118 cm³/mol. The van der Waals surface area contributed by atoms with Gasteiger partial charge in [-0.2, -0.15) is 0 Å². The lowest BCUT2D eigenvalue weighted by molar-refractivity contribution is 0.111. The fourth-order valence-electron chi connectivity index (χ4n) is 4.25. The summed E-state index contributed by atoms with van der Waals surface area (Å²) >= 11 is 0. The van der Waals surface area contributed by atoms with E-state index in [1.165, 1.54) is 12.1 Å². The van der Waals surface area contributed by atoms with Crippen LogP contribution in [0.15, 0.2) is 42.5 Å². The van der Waals surface area contributed by atoms with Gasteiger partial charge >= 0.3 is 7.75 Å². The first-order valence-corrected chi connectivity index (χ1v) is 12.4. The van der Waals surface area contributed by atoms with Gasteiger partial charge in [0.05, 0.1) is 19.8 Å². The van der Waals surface area contributed by atoms with Crippen molar-refractivity contribution in [2.45, 2.75) is 26.2 Å². The maximum absolute atomic E-state index is 13.5. The summed E-state index contributed by atoms with van der Waals surface area (Å²) in [7, 11) is -3.38. The monoisotopic (exact) mass is 465 g/mol. The topological polar surface area (TPSA) is 66.5 Å². The van der Waals surface area contributed by atoms with Crippen LogP contribution >= 0.6 is 7.75 Å². The molecule has 9 heteroatoms. The van der Waals surface area contributed by atoms with Crippen LogP contribution in [-0.4, -0.2) is 44.4 Å². The highest BCUT2D eigenvalue weighted by Crippen LogP contribution is 2.54. The number of halogens is 1. The Morgan fingerprint density at radius 3 is 2.50 bits per heavy atom. The van der Waals surface area contributed by atoms with Gasteiger partial charge in [0.15, 0.2) is 11.5 Å². The first-order chi connectivity index (χ1) is 15.5. The molecule has 0 aliphatic carbocycles. The van der Waals surface area contributed by atoms with E-state index in [2.05, 4.69) is 0 Å². The van der Waals surface area contributed by atoms with Crippen LogP contribution in [0.1, 0.15) is 31.7 Å². The molecule has 0 bridgehead atoms. The first kappa shape index (κ1) is 23.1. The highest BCUT2D eigenvalue weighted by Gasteiger charge is 2.41. The van der Waals surface area contributed by atoms with E-state index in [4.69, 9.17) is 23.3 Å². The van der Waals surface area contributed by atoms with Gasteiger partial charge in [-0.15, -0.1) is 0 Å². The maximum atomic E-state index is 13.5. The summed E-state index contributed by atoms with van der Waals surface area (Å²) in [5.74, 6) is 1.87. The van der Waals surface area contributed by atoms with Crippen LogP contribution in [0.3, 0.4) is 0 Å². The molecule has 0 radical (unpaired) electrons. The van der Waals surface area contributed by atoms with Crippen molar-refractivity contribution in [3.8, 4) is 17.2 Å². The number of nitrogens with zero attached hydrogens (tertiary/aromatic N) is 1. The van der Waals surface area contributed by atoms with E-state index in [1.807, 2.05) is 24.3 Å². The Labute approximate surface area is 188 Å². The van der Waals surface area contributed by atoms with Crippen LogP contribution in [0.4, 0.5) is 4.39 Å². The molecular weight excluding hydrogens is 436 g/mol. The molecule has 2 atom stereocenters. The number of hydrogen-bond donors (Lipinski definition) is 0. The van der Waals surface area contributed by atoms with Crippen LogP contribution < -0.4 is 14.2 Å². The van der Waals surface area contributed by atoms with Gasteiger partial charge in [0.1, 0.15) is 11.6 Å². The van der Waals surface area contributed by atoms with E-state index in [0.717, 1.165) is 12.0 Å². The van der Waals surface area contributed by atoms with E-state index in [-0.39, 0.29) is 24.4 Å². The molecule has 7 nitrogen and oxygen atoms in total. The molecule has 0 amide bonds. The van der Waals surface area contributed by atoms with Crippen molar-refractivity contribution in [3.05, 3.63) is 53.8 Å². The molecule has 2 aliphatic rings. The van der Waals surface area contributed by atoms with Crippen LogP contribution in [0.25, 0.3) is 0 Å². The van der Waals surface area contributed by atoms with E-state index in [1.54, 1.807) is 24.6 Å². The maximum Gasteiger partial charge on any atom is 0.408 e. The fourth-order valence-corrected chi connectivity index (χ4v) is 6.07. The molecule has 0 N–H and O–H groups in total. The van der Waals surface area contributed by atoms with Crippen molar-refractivity contribution < 1.29 is 32.2 Å². The molecule has 2 aliphatic heterocycles. The Balaban J connectivity index is 1.53. The zero-order valence-corrected chi connectivity index (χ0v) is 19.3. The zero-order valence-electron chi connectivity index (χ0n) is 18.4. The summed E-state index contributed by atoms with van der Waals surface area (Å²) in [5, 5.41) is 0. The molecule has 1 saturated heterocycles. The van der Waals surface area contributed by atoms with Gasteiger partial charge in [0.25, 0.3) is 0 Å². The van der Waals surface area contributed by atoms with Crippen LogP contribution in [0.5, 0.6) is 17.2 Å². The molecule has 4 rings (SSSR count). The van der Waals surface area contributed by atoms with Crippen molar-refractivity contribution in [2.75, 3.05) is 39.7 Å². The van der Waals surface area contributed by atoms with Gasteiger partial charge in [-0.05, 0) is 56.0 Å². The largest absolute Gasteiger partial charge is 0.493 e. The second-order valence-electron chi connectivity index (χ2n) is 7.75. The third-order valence-corrected chi connectivity index (χ3v) is 7.97. The van der Waals surface area contributed by atoms with Crippen molar-refractivity contribution in [3.63, 3.8) is 0 Å². The highest BCUT2D eigenvalue weighted by atomic mass is 31.2. The Hall–Kier alpha value is -2.12. The van der Waals surface area contributed by atoms with Crippen molar-refractivity contribution in [2.24, 2.45) is 5.92 Å². The van der Waals surface area contributed by atoms with E-state index >= 15 is 0 Å². The molecule has 2 heterocycles. The Kier molecular flexibility index (Phi) is 7.36. The van der Waals surface area contributed by atoms with Crippen molar-refractivity contribution in [1.29, 1.82) is 0 Å². The molecule has 2 unspecified atom stereocenters. The normalized spacial score (nSPS) is 21.0. The van der Waals surface area contributed by atoms with Gasteiger partial charge in [0, 0.05) is 25.1 Å². The number of hydrogen-bond acceptors (Lipinski definition) is 6. The van der Waals surface area contributed by atoms with Crippen LogP contribution in [0, 0.1) is 11.7 Å². The number of ether oxygens (including phenoxy) is 3. The van der Waals surface area contributed by atoms with Crippen LogP contribution in [0.2, 0.25) is 0 Å². The molecule has 32 heavy (non-hydrogen) atoms. The number of piperidine rings is 1. The smallest absolute Gasteiger partial charge is 0.408 e. The SMILES string of the molecule is CCOP(=O)(OCC)N1CCC(c2ccc(F)cc2)C(COc2ccc3c(c2)OCO3)C1. The molecular formula is C23H29FNO6P.